The van der Waals surface area contributed by atoms with Crippen LogP contribution in [0.5, 0.6) is 0 Å². The van der Waals surface area contributed by atoms with Gasteiger partial charge in [0.25, 0.3) is 0 Å². The fourth-order valence-electron chi connectivity index (χ4n) is 3.05. The summed E-state index contributed by atoms with van der Waals surface area (Å²) in [6, 6.07) is 0. The monoisotopic (exact) mass is 261 g/mol. The molecule has 2 N–H and O–H groups in total. The minimum Gasteiger partial charge on any atom is -0.399 e. The third-order valence-electron chi connectivity index (χ3n) is 4.18. The van der Waals surface area contributed by atoms with E-state index in [9.17, 15) is 0 Å². The molecule has 0 fully saturated rings. The standard InChI is InChI=1S/C18H31N/c1-5-7-8-11-15(4)18(17(19)6-2)16-12-9-10-14(3)13-16/h6,13,16H,5,7-12,19H2,1-4H3/b17-6+,18-15-. The van der Waals surface area contributed by atoms with Crippen LogP contribution in [0.25, 0.3) is 0 Å². The molecular weight excluding hydrogens is 230 g/mol. The van der Waals surface area contributed by atoms with Crippen LogP contribution in [-0.4, -0.2) is 0 Å². The molecule has 1 rings (SSSR count). The minimum atomic E-state index is 0.548. The second-order valence-electron chi connectivity index (χ2n) is 5.91. The van der Waals surface area contributed by atoms with Gasteiger partial charge in [0.2, 0.25) is 0 Å². The molecule has 0 saturated heterocycles. The van der Waals surface area contributed by atoms with Crippen LogP contribution in [0.3, 0.4) is 0 Å². The molecule has 0 aromatic carbocycles. The quantitative estimate of drug-likeness (QED) is 0.382. The fraction of sp³-hybridized carbons (Fsp3) is 0.667. The van der Waals surface area contributed by atoms with Crippen molar-refractivity contribution in [1.29, 1.82) is 0 Å². The van der Waals surface area contributed by atoms with Gasteiger partial charge in [-0.1, -0.05) is 43.1 Å². The van der Waals surface area contributed by atoms with E-state index in [1.54, 1.807) is 0 Å². The van der Waals surface area contributed by atoms with E-state index in [1.165, 1.54) is 61.7 Å². The Morgan fingerprint density at radius 1 is 1.42 bits per heavy atom. The van der Waals surface area contributed by atoms with Gasteiger partial charge < -0.3 is 5.73 Å². The van der Waals surface area contributed by atoms with Crippen molar-refractivity contribution in [3.63, 3.8) is 0 Å². The van der Waals surface area contributed by atoms with Gasteiger partial charge in [-0.25, -0.2) is 0 Å². The molecule has 1 unspecified atom stereocenters. The van der Waals surface area contributed by atoms with Crippen molar-refractivity contribution in [3.8, 4) is 0 Å². The summed E-state index contributed by atoms with van der Waals surface area (Å²) in [5, 5.41) is 0. The van der Waals surface area contributed by atoms with Crippen molar-refractivity contribution < 1.29 is 0 Å². The maximum atomic E-state index is 6.27. The first-order valence-electron chi connectivity index (χ1n) is 7.89. The molecule has 0 amide bonds. The Morgan fingerprint density at radius 2 is 2.16 bits per heavy atom. The van der Waals surface area contributed by atoms with Gasteiger partial charge in [-0.2, -0.15) is 0 Å². The van der Waals surface area contributed by atoms with Crippen LogP contribution >= 0.6 is 0 Å². The minimum absolute atomic E-state index is 0.548. The molecule has 1 nitrogen and oxygen atoms in total. The average Bonchev–Trinajstić information content (AvgIpc) is 2.39. The fourth-order valence-corrected chi connectivity index (χ4v) is 3.05. The van der Waals surface area contributed by atoms with Crippen LogP contribution in [0.4, 0.5) is 0 Å². The van der Waals surface area contributed by atoms with Gasteiger partial charge in [-0.15, -0.1) is 0 Å². The molecule has 0 heterocycles. The lowest BCUT2D eigenvalue weighted by Gasteiger charge is -2.25. The second-order valence-corrected chi connectivity index (χ2v) is 5.91. The summed E-state index contributed by atoms with van der Waals surface area (Å²) in [6.45, 7) is 8.84. The van der Waals surface area contributed by atoms with E-state index in [-0.39, 0.29) is 0 Å². The Kier molecular flexibility index (Phi) is 6.97. The van der Waals surface area contributed by atoms with Crippen LogP contribution in [0.1, 0.15) is 72.6 Å². The zero-order valence-electron chi connectivity index (χ0n) is 13.3. The Hall–Kier alpha value is -0.980. The number of rotatable bonds is 6. The first kappa shape index (κ1) is 16.1. The topological polar surface area (TPSA) is 26.0 Å². The first-order chi connectivity index (χ1) is 9.10. The van der Waals surface area contributed by atoms with Gasteiger partial charge in [0.1, 0.15) is 0 Å². The third kappa shape index (κ3) is 4.89. The molecular formula is C18H31N. The summed E-state index contributed by atoms with van der Waals surface area (Å²) in [6.07, 6.45) is 13.4. The van der Waals surface area contributed by atoms with E-state index in [1.807, 2.05) is 6.92 Å². The van der Waals surface area contributed by atoms with Crippen LogP contribution in [0.15, 0.2) is 34.6 Å². The Balaban J connectivity index is 2.93. The molecule has 0 aromatic rings. The van der Waals surface area contributed by atoms with E-state index in [0.29, 0.717) is 5.92 Å². The van der Waals surface area contributed by atoms with Gasteiger partial charge >= 0.3 is 0 Å². The lowest BCUT2D eigenvalue weighted by Crippen LogP contribution is -2.15. The van der Waals surface area contributed by atoms with Crippen molar-refractivity contribution >= 4 is 0 Å². The highest BCUT2D eigenvalue weighted by Crippen LogP contribution is 2.33. The van der Waals surface area contributed by atoms with Crippen LogP contribution < -0.4 is 5.73 Å². The first-order valence-corrected chi connectivity index (χ1v) is 7.89. The predicted molar refractivity (Wildman–Crippen MR) is 85.9 cm³/mol. The number of unbranched alkanes of at least 4 members (excludes halogenated alkanes) is 2. The van der Waals surface area contributed by atoms with Gasteiger partial charge in [-0.05, 0) is 58.4 Å². The lowest BCUT2D eigenvalue weighted by atomic mass is 9.81. The van der Waals surface area contributed by atoms with Crippen LogP contribution in [0, 0.1) is 5.92 Å². The summed E-state index contributed by atoms with van der Waals surface area (Å²) >= 11 is 0. The zero-order chi connectivity index (χ0) is 14.3. The summed E-state index contributed by atoms with van der Waals surface area (Å²) in [4.78, 5) is 0. The third-order valence-corrected chi connectivity index (χ3v) is 4.18. The molecule has 0 radical (unpaired) electrons. The Morgan fingerprint density at radius 3 is 2.74 bits per heavy atom. The zero-order valence-corrected chi connectivity index (χ0v) is 13.3. The van der Waals surface area contributed by atoms with Crippen molar-refractivity contribution in [2.45, 2.75) is 72.6 Å². The maximum Gasteiger partial charge on any atom is 0.0308 e. The molecule has 1 aliphatic rings. The summed E-state index contributed by atoms with van der Waals surface area (Å²) in [7, 11) is 0. The van der Waals surface area contributed by atoms with Crippen molar-refractivity contribution in [2.75, 3.05) is 0 Å². The Bertz CT molecular complexity index is 371. The molecule has 0 spiro atoms. The van der Waals surface area contributed by atoms with E-state index in [0.717, 1.165) is 5.70 Å². The van der Waals surface area contributed by atoms with E-state index < -0.39 is 0 Å². The predicted octanol–water partition coefficient (Wildman–Crippen LogP) is 5.49. The molecule has 0 bridgehead atoms. The highest BCUT2D eigenvalue weighted by Gasteiger charge is 2.19. The molecule has 0 saturated carbocycles. The average molecular weight is 261 g/mol. The lowest BCUT2D eigenvalue weighted by molar-refractivity contribution is 0.581. The molecule has 1 aliphatic carbocycles. The van der Waals surface area contributed by atoms with Gasteiger partial charge in [0, 0.05) is 11.6 Å². The maximum absolute atomic E-state index is 6.27. The number of nitrogens with two attached hydrogens (primary N) is 1. The van der Waals surface area contributed by atoms with Gasteiger partial charge in [0.15, 0.2) is 0 Å². The number of hydrogen-bond acceptors (Lipinski definition) is 1. The normalized spacial score (nSPS) is 22.0. The smallest absolute Gasteiger partial charge is 0.0308 e. The molecule has 0 aliphatic heterocycles. The largest absolute Gasteiger partial charge is 0.399 e. The molecule has 19 heavy (non-hydrogen) atoms. The summed E-state index contributed by atoms with van der Waals surface area (Å²) in [5.41, 5.74) is 11.7. The van der Waals surface area contributed by atoms with Crippen molar-refractivity contribution in [3.05, 3.63) is 34.6 Å². The van der Waals surface area contributed by atoms with Crippen molar-refractivity contribution in [2.24, 2.45) is 11.7 Å². The molecule has 1 heteroatoms. The molecule has 108 valence electrons. The highest BCUT2D eigenvalue weighted by molar-refractivity contribution is 5.38. The number of allylic oxidation sites excluding steroid dienone is 5. The van der Waals surface area contributed by atoms with Gasteiger partial charge in [0.05, 0.1) is 0 Å². The molecule has 1 atom stereocenters. The SMILES string of the molecule is C/C=C(N)\C(=C(\C)CCCCC)C1C=C(C)CCC1. The van der Waals surface area contributed by atoms with E-state index in [2.05, 4.69) is 32.9 Å². The van der Waals surface area contributed by atoms with Crippen LogP contribution in [0.2, 0.25) is 0 Å². The molecule has 0 aromatic heterocycles. The van der Waals surface area contributed by atoms with E-state index >= 15 is 0 Å². The van der Waals surface area contributed by atoms with Crippen LogP contribution in [-0.2, 0) is 0 Å². The summed E-state index contributed by atoms with van der Waals surface area (Å²) < 4.78 is 0. The Labute approximate surface area is 119 Å². The van der Waals surface area contributed by atoms with E-state index in [4.69, 9.17) is 5.73 Å². The van der Waals surface area contributed by atoms with Gasteiger partial charge in [-0.3, -0.25) is 0 Å². The summed E-state index contributed by atoms with van der Waals surface area (Å²) in [5.74, 6) is 0.548. The van der Waals surface area contributed by atoms with Crippen molar-refractivity contribution in [1.82, 2.24) is 0 Å². The highest BCUT2D eigenvalue weighted by atomic mass is 14.6. The second kappa shape index (κ2) is 8.24. The number of hydrogen-bond donors (Lipinski definition) is 1.